The maximum Gasteiger partial charge on any atom is 0.162 e. The van der Waals surface area contributed by atoms with Gasteiger partial charge in [-0.05, 0) is 31.2 Å². The number of nitrogens with zero attached hydrogens (tertiary/aromatic N) is 2. The molecule has 0 saturated heterocycles. The third-order valence-electron chi connectivity index (χ3n) is 3.09. The van der Waals surface area contributed by atoms with Crippen LogP contribution in [0.25, 0.3) is 22.3 Å². The third kappa shape index (κ3) is 2.67. The van der Waals surface area contributed by atoms with Gasteiger partial charge < -0.3 is 5.32 Å². The molecule has 3 aromatic rings. The molecule has 0 bridgehead atoms. The second-order valence-electron chi connectivity index (χ2n) is 4.60. The molecule has 2 aromatic carbocycles. The van der Waals surface area contributed by atoms with Crippen molar-refractivity contribution in [2.75, 3.05) is 11.9 Å². The Morgan fingerprint density at radius 3 is 2.57 bits per heavy atom. The minimum atomic E-state index is -0.367. The van der Waals surface area contributed by atoms with E-state index >= 15 is 0 Å². The molecule has 0 amide bonds. The van der Waals surface area contributed by atoms with Gasteiger partial charge in [-0.25, -0.2) is 18.7 Å². The molecule has 21 heavy (non-hydrogen) atoms. The molecular formula is C16H13F2N3. The summed E-state index contributed by atoms with van der Waals surface area (Å²) in [6.07, 6.45) is 0. The zero-order valence-electron chi connectivity index (χ0n) is 11.4. The number of aromatic nitrogens is 2. The van der Waals surface area contributed by atoms with Crippen molar-refractivity contribution in [2.24, 2.45) is 0 Å². The summed E-state index contributed by atoms with van der Waals surface area (Å²) in [7, 11) is 0. The van der Waals surface area contributed by atoms with Crippen LogP contribution < -0.4 is 5.32 Å². The quantitative estimate of drug-likeness (QED) is 0.790. The van der Waals surface area contributed by atoms with Crippen molar-refractivity contribution in [3.8, 4) is 11.4 Å². The van der Waals surface area contributed by atoms with Crippen LogP contribution >= 0.6 is 0 Å². The molecule has 0 fully saturated rings. The van der Waals surface area contributed by atoms with Crippen LogP contribution in [0.1, 0.15) is 6.92 Å². The fourth-order valence-electron chi connectivity index (χ4n) is 2.16. The molecule has 106 valence electrons. The summed E-state index contributed by atoms with van der Waals surface area (Å²) >= 11 is 0. The van der Waals surface area contributed by atoms with Crippen LogP contribution in [0.4, 0.5) is 14.6 Å². The normalized spacial score (nSPS) is 10.8. The smallest absolute Gasteiger partial charge is 0.162 e. The topological polar surface area (TPSA) is 37.8 Å². The summed E-state index contributed by atoms with van der Waals surface area (Å²) in [6.45, 7) is 2.62. The van der Waals surface area contributed by atoms with E-state index in [-0.39, 0.29) is 11.6 Å². The van der Waals surface area contributed by atoms with Gasteiger partial charge in [0.05, 0.1) is 5.52 Å². The van der Waals surface area contributed by atoms with Gasteiger partial charge in [-0.3, -0.25) is 0 Å². The first-order chi connectivity index (χ1) is 10.2. The Bertz CT molecular complexity index is 803. The van der Waals surface area contributed by atoms with E-state index in [0.29, 0.717) is 29.3 Å². The highest BCUT2D eigenvalue weighted by Gasteiger charge is 2.10. The van der Waals surface area contributed by atoms with Gasteiger partial charge in [0.15, 0.2) is 5.82 Å². The molecule has 3 nitrogen and oxygen atoms in total. The second-order valence-corrected chi connectivity index (χ2v) is 4.60. The number of nitrogens with one attached hydrogen (secondary N) is 1. The molecule has 0 unspecified atom stereocenters. The SMILES string of the molecule is CCNc1nc(-c2cccc(F)c2)nc2cc(F)ccc12. The lowest BCUT2D eigenvalue weighted by Crippen LogP contribution is -2.03. The lowest BCUT2D eigenvalue weighted by molar-refractivity contribution is 0.627. The van der Waals surface area contributed by atoms with Gasteiger partial charge in [-0.15, -0.1) is 0 Å². The van der Waals surface area contributed by atoms with Crippen LogP contribution in [0.5, 0.6) is 0 Å². The van der Waals surface area contributed by atoms with E-state index in [1.165, 1.54) is 24.3 Å². The van der Waals surface area contributed by atoms with Crippen LogP contribution in [-0.4, -0.2) is 16.5 Å². The van der Waals surface area contributed by atoms with E-state index in [9.17, 15) is 8.78 Å². The number of fused-ring (bicyclic) bond motifs is 1. The molecule has 0 radical (unpaired) electrons. The van der Waals surface area contributed by atoms with E-state index in [1.807, 2.05) is 6.92 Å². The Morgan fingerprint density at radius 2 is 1.81 bits per heavy atom. The molecule has 0 spiro atoms. The largest absolute Gasteiger partial charge is 0.370 e. The van der Waals surface area contributed by atoms with Gasteiger partial charge in [-0.1, -0.05) is 12.1 Å². The van der Waals surface area contributed by atoms with Crippen LogP contribution in [-0.2, 0) is 0 Å². The molecule has 3 rings (SSSR count). The number of halogens is 2. The lowest BCUT2D eigenvalue weighted by Gasteiger charge is -2.09. The zero-order chi connectivity index (χ0) is 14.8. The Kier molecular flexibility index (Phi) is 3.48. The van der Waals surface area contributed by atoms with Gasteiger partial charge in [0.1, 0.15) is 17.5 Å². The van der Waals surface area contributed by atoms with E-state index < -0.39 is 0 Å². The minimum Gasteiger partial charge on any atom is -0.370 e. The summed E-state index contributed by atoms with van der Waals surface area (Å²) in [5.74, 6) is 0.250. The molecule has 1 N–H and O–H groups in total. The Morgan fingerprint density at radius 1 is 1.00 bits per heavy atom. The molecule has 0 aliphatic heterocycles. The highest BCUT2D eigenvalue weighted by Crippen LogP contribution is 2.25. The molecule has 1 aromatic heterocycles. The van der Waals surface area contributed by atoms with Crippen LogP contribution in [0.3, 0.4) is 0 Å². The van der Waals surface area contributed by atoms with Crippen molar-refractivity contribution in [1.82, 2.24) is 9.97 Å². The fourth-order valence-corrected chi connectivity index (χ4v) is 2.16. The monoisotopic (exact) mass is 285 g/mol. The van der Waals surface area contributed by atoms with Gasteiger partial charge in [0, 0.05) is 23.6 Å². The molecular weight excluding hydrogens is 272 g/mol. The average molecular weight is 285 g/mol. The van der Waals surface area contributed by atoms with Gasteiger partial charge in [0.2, 0.25) is 0 Å². The first kappa shape index (κ1) is 13.4. The third-order valence-corrected chi connectivity index (χ3v) is 3.09. The predicted octanol–water partition coefficient (Wildman–Crippen LogP) is 4.01. The Labute approximate surface area is 120 Å². The van der Waals surface area contributed by atoms with Crippen molar-refractivity contribution >= 4 is 16.7 Å². The van der Waals surface area contributed by atoms with Crippen LogP contribution in [0.15, 0.2) is 42.5 Å². The summed E-state index contributed by atoms with van der Waals surface area (Å²) in [4.78, 5) is 8.75. The zero-order valence-corrected chi connectivity index (χ0v) is 11.4. The highest BCUT2D eigenvalue weighted by molar-refractivity contribution is 5.90. The van der Waals surface area contributed by atoms with Crippen molar-refractivity contribution in [3.05, 3.63) is 54.1 Å². The summed E-state index contributed by atoms with van der Waals surface area (Å²) in [5.41, 5.74) is 1.04. The molecule has 0 aliphatic rings. The second kappa shape index (κ2) is 5.44. The van der Waals surface area contributed by atoms with Gasteiger partial charge >= 0.3 is 0 Å². The first-order valence-electron chi connectivity index (χ1n) is 6.64. The number of hydrogen-bond donors (Lipinski definition) is 1. The van der Waals surface area contributed by atoms with E-state index in [0.717, 1.165) is 5.39 Å². The summed E-state index contributed by atoms with van der Waals surface area (Å²) < 4.78 is 26.8. The van der Waals surface area contributed by atoms with E-state index in [4.69, 9.17) is 0 Å². The number of rotatable bonds is 3. The molecule has 0 aliphatic carbocycles. The minimum absolute atomic E-state index is 0.361. The van der Waals surface area contributed by atoms with Gasteiger partial charge in [0.25, 0.3) is 0 Å². The number of anilines is 1. The van der Waals surface area contributed by atoms with E-state index in [2.05, 4.69) is 15.3 Å². The fraction of sp³-hybridized carbons (Fsp3) is 0.125. The summed E-state index contributed by atoms with van der Waals surface area (Å²) in [5, 5.41) is 3.86. The highest BCUT2D eigenvalue weighted by atomic mass is 19.1. The Balaban J connectivity index is 2.23. The number of hydrogen-bond acceptors (Lipinski definition) is 3. The van der Waals surface area contributed by atoms with Crippen molar-refractivity contribution in [1.29, 1.82) is 0 Å². The summed E-state index contributed by atoms with van der Waals surface area (Å²) in [6, 6.07) is 10.4. The molecule has 1 heterocycles. The van der Waals surface area contributed by atoms with Crippen LogP contribution in [0.2, 0.25) is 0 Å². The number of benzene rings is 2. The first-order valence-corrected chi connectivity index (χ1v) is 6.64. The van der Waals surface area contributed by atoms with E-state index in [1.54, 1.807) is 18.2 Å². The molecule has 0 saturated carbocycles. The van der Waals surface area contributed by atoms with Crippen LogP contribution in [0, 0.1) is 11.6 Å². The van der Waals surface area contributed by atoms with Gasteiger partial charge in [-0.2, -0.15) is 0 Å². The predicted molar refractivity (Wildman–Crippen MR) is 79.1 cm³/mol. The maximum atomic E-state index is 13.4. The Hall–Kier alpha value is -2.56. The average Bonchev–Trinajstić information content (AvgIpc) is 2.47. The maximum absolute atomic E-state index is 13.4. The van der Waals surface area contributed by atoms with Crippen molar-refractivity contribution in [2.45, 2.75) is 6.92 Å². The lowest BCUT2D eigenvalue weighted by atomic mass is 10.1. The standard InChI is InChI=1S/C16H13F2N3/c1-2-19-16-13-7-6-12(18)9-14(13)20-15(21-16)10-4-3-5-11(17)8-10/h3-9H,2H2,1H3,(H,19,20,21). The van der Waals surface area contributed by atoms with Crippen molar-refractivity contribution in [3.63, 3.8) is 0 Å². The van der Waals surface area contributed by atoms with Crippen molar-refractivity contribution < 1.29 is 8.78 Å². The molecule has 5 heteroatoms. The molecule has 0 atom stereocenters.